The standard InChI is InChI=1S/C13H22N2O/c14-13(6-7-13)12(16)15-8-5-10-3-1-2-4-11(10)9-15/h10-11H,1-9,14H2. The van der Waals surface area contributed by atoms with E-state index in [0.29, 0.717) is 0 Å². The van der Waals surface area contributed by atoms with Crippen LogP contribution in [0.5, 0.6) is 0 Å². The van der Waals surface area contributed by atoms with Gasteiger partial charge in [0.15, 0.2) is 0 Å². The van der Waals surface area contributed by atoms with Crippen molar-refractivity contribution in [2.45, 2.75) is 50.5 Å². The third kappa shape index (κ3) is 1.75. The number of nitrogens with two attached hydrogens (primary N) is 1. The maximum absolute atomic E-state index is 12.2. The Morgan fingerprint density at radius 2 is 1.81 bits per heavy atom. The van der Waals surface area contributed by atoms with Gasteiger partial charge < -0.3 is 10.6 Å². The summed E-state index contributed by atoms with van der Waals surface area (Å²) in [5, 5.41) is 0. The summed E-state index contributed by atoms with van der Waals surface area (Å²) in [6, 6.07) is 0. The summed E-state index contributed by atoms with van der Waals surface area (Å²) in [4.78, 5) is 14.2. The van der Waals surface area contributed by atoms with Gasteiger partial charge in [-0.15, -0.1) is 0 Å². The Kier molecular flexibility index (Phi) is 2.46. The molecule has 0 aromatic heterocycles. The van der Waals surface area contributed by atoms with Crippen molar-refractivity contribution in [2.24, 2.45) is 17.6 Å². The Hall–Kier alpha value is -0.570. The number of carbonyl (C=O) groups is 1. The van der Waals surface area contributed by atoms with E-state index in [1.54, 1.807) is 0 Å². The molecule has 3 aliphatic rings. The summed E-state index contributed by atoms with van der Waals surface area (Å²) >= 11 is 0. The minimum absolute atomic E-state index is 0.233. The lowest BCUT2D eigenvalue weighted by atomic mass is 9.75. The second kappa shape index (κ2) is 3.73. The van der Waals surface area contributed by atoms with Crippen LogP contribution in [-0.4, -0.2) is 29.4 Å². The van der Waals surface area contributed by atoms with Crippen LogP contribution >= 0.6 is 0 Å². The molecule has 2 N–H and O–H groups in total. The molecule has 2 saturated carbocycles. The van der Waals surface area contributed by atoms with Crippen LogP contribution in [0.25, 0.3) is 0 Å². The molecule has 2 aliphatic carbocycles. The number of likely N-dealkylation sites (tertiary alicyclic amines) is 1. The van der Waals surface area contributed by atoms with Crippen molar-refractivity contribution in [2.75, 3.05) is 13.1 Å². The molecule has 1 heterocycles. The number of nitrogens with zero attached hydrogens (tertiary/aromatic N) is 1. The maximum Gasteiger partial charge on any atom is 0.242 e. The molecular weight excluding hydrogens is 200 g/mol. The summed E-state index contributed by atoms with van der Waals surface area (Å²) in [6.45, 7) is 1.95. The lowest BCUT2D eigenvalue weighted by molar-refractivity contribution is -0.136. The SMILES string of the molecule is NC1(C(=O)N2CCC3CCCCC3C2)CC1. The molecular formula is C13H22N2O. The van der Waals surface area contributed by atoms with E-state index in [1.165, 1.54) is 32.1 Å². The molecule has 3 fully saturated rings. The number of fused-ring (bicyclic) bond motifs is 1. The number of piperidine rings is 1. The molecule has 16 heavy (non-hydrogen) atoms. The number of rotatable bonds is 1. The van der Waals surface area contributed by atoms with Crippen LogP contribution in [-0.2, 0) is 4.79 Å². The van der Waals surface area contributed by atoms with Gasteiger partial charge in [0.1, 0.15) is 0 Å². The van der Waals surface area contributed by atoms with Gasteiger partial charge in [0.2, 0.25) is 5.91 Å². The Bertz CT molecular complexity index is 298. The zero-order chi connectivity index (χ0) is 11.2. The summed E-state index contributed by atoms with van der Waals surface area (Å²) < 4.78 is 0. The highest BCUT2D eigenvalue weighted by molar-refractivity contribution is 5.89. The third-order valence-electron chi connectivity index (χ3n) is 4.79. The van der Waals surface area contributed by atoms with Crippen LogP contribution in [0.2, 0.25) is 0 Å². The van der Waals surface area contributed by atoms with Crippen molar-refractivity contribution in [3.8, 4) is 0 Å². The Morgan fingerprint density at radius 1 is 1.12 bits per heavy atom. The van der Waals surface area contributed by atoms with E-state index in [-0.39, 0.29) is 5.91 Å². The highest BCUT2D eigenvalue weighted by Gasteiger charge is 2.49. The monoisotopic (exact) mass is 222 g/mol. The smallest absolute Gasteiger partial charge is 0.242 e. The van der Waals surface area contributed by atoms with E-state index in [2.05, 4.69) is 4.90 Å². The zero-order valence-corrected chi connectivity index (χ0v) is 9.95. The van der Waals surface area contributed by atoms with Crippen LogP contribution < -0.4 is 5.73 Å². The Labute approximate surface area is 97.4 Å². The molecule has 90 valence electrons. The van der Waals surface area contributed by atoms with Gasteiger partial charge in [0.25, 0.3) is 0 Å². The van der Waals surface area contributed by atoms with Gasteiger partial charge in [0, 0.05) is 13.1 Å². The quantitative estimate of drug-likeness (QED) is 0.731. The minimum atomic E-state index is -0.457. The fourth-order valence-electron chi connectivity index (χ4n) is 3.45. The van der Waals surface area contributed by atoms with E-state index in [9.17, 15) is 4.79 Å². The van der Waals surface area contributed by atoms with Crippen molar-refractivity contribution in [1.29, 1.82) is 0 Å². The summed E-state index contributed by atoms with van der Waals surface area (Å²) in [5.41, 5.74) is 5.54. The van der Waals surface area contributed by atoms with Crippen LogP contribution in [0.15, 0.2) is 0 Å². The second-order valence-corrected chi connectivity index (χ2v) is 6.00. The maximum atomic E-state index is 12.2. The minimum Gasteiger partial charge on any atom is -0.341 e. The average molecular weight is 222 g/mol. The average Bonchev–Trinajstić information content (AvgIpc) is 3.07. The lowest BCUT2D eigenvalue weighted by Crippen LogP contribution is -2.51. The van der Waals surface area contributed by atoms with Crippen molar-refractivity contribution in [3.05, 3.63) is 0 Å². The van der Waals surface area contributed by atoms with Gasteiger partial charge in [-0.05, 0) is 37.5 Å². The first kappa shape index (κ1) is 10.6. The highest BCUT2D eigenvalue weighted by atomic mass is 16.2. The molecule has 3 rings (SSSR count). The first-order chi connectivity index (χ1) is 7.69. The first-order valence-electron chi connectivity index (χ1n) is 6.77. The number of carbonyl (C=O) groups excluding carboxylic acids is 1. The third-order valence-corrected chi connectivity index (χ3v) is 4.79. The van der Waals surface area contributed by atoms with Gasteiger partial charge in [-0.1, -0.05) is 19.3 Å². The molecule has 1 amide bonds. The van der Waals surface area contributed by atoms with E-state index >= 15 is 0 Å². The number of hydrogen-bond donors (Lipinski definition) is 1. The van der Waals surface area contributed by atoms with Crippen LogP contribution in [0.3, 0.4) is 0 Å². The molecule has 0 bridgehead atoms. The Balaban J connectivity index is 1.64. The molecule has 0 spiro atoms. The van der Waals surface area contributed by atoms with E-state index in [4.69, 9.17) is 5.73 Å². The predicted molar refractivity (Wildman–Crippen MR) is 62.8 cm³/mol. The Morgan fingerprint density at radius 3 is 2.50 bits per heavy atom. The highest BCUT2D eigenvalue weighted by Crippen LogP contribution is 2.39. The number of amides is 1. The molecule has 2 unspecified atom stereocenters. The lowest BCUT2D eigenvalue weighted by Gasteiger charge is -2.42. The normalized spacial score (nSPS) is 36.7. The number of hydrogen-bond acceptors (Lipinski definition) is 2. The van der Waals surface area contributed by atoms with Crippen LogP contribution in [0, 0.1) is 11.8 Å². The molecule has 3 heteroatoms. The first-order valence-corrected chi connectivity index (χ1v) is 6.77. The van der Waals surface area contributed by atoms with Gasteiger partial charge in [-0.25, -0.2) is 0 Å². The zero-order valence-electron chi connectivity index (χ0n) is 9.95. The largest absolute Gasteiger partial charge is 0.341 e. The fourth-order valence-corrected chi connectivity index (χ4v) is 3.45. The van der Waals surface area contributed by atoms with Gasteiger partial charge in [0.05, 0.1) is 5.54 Å². The van der Waals surface area contributed by atoms with Crippen LogP contribution in [0.4, 0.5) is 0 Å². The molecule has 1 saturated heterocycles. The molecule has 0 radical (unpaired) electrons. The molecule has 2 atom stereocenters. The van der Waals surface area contributed by atoms with Crippen molar-refractivity contribution in [3.63, 3.8) is 0 Å². The summed E-state index contributed by atoms with van der Waals surface area (Å²) in [5.74, 6) is 1.90. The summed E-state index contributed by atoms with van der Waals surface area (Å²) in [6.07, 6.45) is 8.48. The van der Waals surface area contributed by atoms with Crippen LogP contribution in [0.1, 0.15) is 44.9 Å². The fraction of sp³-hybridized carbons (Fsp3) is 0.923. The second-order valence-electron chi connectivity index (χ2n) is 6.00. The van der Waals surface area contributed by atoms with Crippen molar-refractivity contribution in [1.82, 2.24) is 4.90 Å². The molecule has 0 aromatic carbocycles. The van der Waals surface area contributed by atoms with Crippen molar-refractivity contribution < 1.29 is 4.79 Å². The molecule has 3 nitrogen and oxygen atoms in total. The van der Waals surface area contributed by atoms with Gasteiger partial charge in [-0.3, -0.25) is 4.79 Å². The molecule has 1 aliphatic heterocycles. The van der Waals surface area contributed by atoms with Gasteiger partial charge in [-0.2, -0.15) is 0 Å². The van der Waals surface area contributed by atoms with E-state index < -0.39 is 5.54 Å². The van der Waals surface area contributed by atoms with E-state index in [1.807, 2.05) is 0 Å². The summed E-state index contributed by atoms with van der Waals surface area (Å²) in [7, 11) is 0. The topological polar surface area (TPSA) is 46.3 Å². The van der Waals surface area contributed by atoms with Gasteiger partial charge >= 0.3 is 0 Å². The molecule has 0 aromatic rings. The van der Waals surface area contributed by atoms with Crippen molar-refractivity contribution >= 4 is 5.91 Å². The predicted octanol–water partition coefficient (Wildman–Crippen LogP) is 1.52. The van der Waals surface area contributed by atoms with E-state index in [0.717, 1.165) is 37.8 Å².